The van der Waals surface area contributed by atoms with Crippen molar-refractivity contribution in [1.82, 2.24) is 25.5 Å². The van der Waals surface area contributed by atoms with Crippen LogP contribution in [0.15, 0.2) is 42.5 Å². The van der Waals surface area contributed by atoms with Crippen LogP contribution in [0.2, 0.25) is 15.1 Å². The summed E-state index contributed by atoms with van der Waals surface area (Å²) in [5.41, 5.74) is 5.11. The van der Waals surface area contributed by atoms with Gasteiger partial charge in [0, 0.05) is 34.3 Å². The van der Waals surface area contributed by atoms with Gasteiger partial charge in [0.25, 0.3) is 5.91 Å². The van der Waals surface area contributed by atoms with Crippen LogP contribution < -0.4 is 10.7 Å². The zero-order chi connectivity index (χ0) is 25.1. The number of hydrogen-bond donors (Lipinski definition) is 3. The van der Waals surface area contributed by atoms with Crippen molar-refractivity contribution in [3.63, 3.8) is 0 Å². The molecule has 2 amide bonds. The Labute approximate surface area is 217 Å². The third kappa shape index (κ3) is 5.73. The average molecular weight is 537 g/mol. The molecule has 1 fully saturated rings. The molecule has 35 heavy (non-hydrogen) atoms. The number of nitrogens with zero attached hydrogens (tertiary/aromatic N) is 3. The predicted octanol–water partition coefficient (Wildman–Crippen LogP) is 5.96. The Hall–Kier alpha value is -2.78. The van der Waals surface area contributed by atoms with Crippen molar-refractivity contribution in [3.8, 4) is 16.9 Å². The maximum Gasteiger partial charge on any atom is 0.405 e. The minimum Gasteiger partial charge on any atom is -0.465 e. The summed E-state index contributed by atoms with van der Waals surface area (Å²) < 4.78 is 1.54. The molecule has 3 N–H and O–H groups in total. The van der Waals surface area contributed by atoms with Crippen LogP contribution in [0.5, 0.6) is 0 Å². The summed E-state index contributed by atoms with van der Waals surface area (Å²) >= 11 is 18.7. The normalized spacial score (nSPS) is 15.0. The minimum atomic E-state index is -1.22. The van der Waals surface area contributed by atoms with Gasteiger partial charge in [0.15, 0.2) is 5.69 Å². The lowest BCUT2D eigenvalue weighted by atomic mass is 9.99. The number of carbonyl (C=O) groups excluding carboxylic acids is 1. The molecule has 2 heterocycles. The first kappa shape index (κ1) is 25.3. The Morgan fingerprint density at radius 1 is 1.00 bits per heavy atom. The number of nitrogens with one attached hydrogen (secondary N) is 2. The number of hydrazine groups is 1. The Morgan fingerprint density at radius 3 is 2.29 bits per heavy atom. The number of carbonyl (C=O) groups is 2. The van der Waals surface area contributed by atoms with E-state index in [2.05, 4.69) is 15.8 Å². The topological polar surface area (TPSA) is 99.5 Å². The molecule has 0 spiro atoms. The first-order valence-electron chi connectivity index (χ1n) is 11.1. The van der Waals surface area contributed by atoms with Gasteiger partial charge in [-0.25, -0.2) is 14.5 Å². The Morgan fingerprint density at radius 2 is 1.66 bits per heavy atom. The molecule has 1 atom stereocenters. The van der Waals surface area contributed by atoms with Crippen LogP contribution in [-0.2, 0) is 0 Å². The summed E-state index contributed by atoms with van der Waals surface area (Å²) in [6, 6.07) is 11.2. The fraction of sp³-hybridized carbons (Fsp3) is 0.292. The first-order valence-corrected chi connectivity index (χ1v) is 12.3. The van der Waals surface area contributed by atoms with E-state index >= 15 is 0 Å². The van der Waals surface area contributed by atoms with Gasteiger partial charge in [-0.15, -0.1) is 0 Å². The zero-order valence-electron chi connectivity index (χ0n) is 18.9. The third-order valence-electron chi connectivity index (χ3n) is 5.78. The molecule has 1 aliphatic rings. The van der Waals surface area contributed by atoms with Crippen molar-refractivity contribution in [2.45, 2.75) is 32.2 Å². The molecule has 8 nitrogen and oxygen atoms in total. The average Bonchev–Trinajstić information content (AvgIpc) is 3.20. The van der Waals surface area contributed by atoms with Crippen LogP contribution in [0.25, 0.3) is 16.9 Å². The molecule has 0 radical (unpaired) electrons. The van der Waals surface area contributed by atoms with Crippen molar-refractivity contribution in [3.05, 3.63) is 68.8 Å². The molecule has 3 aromatic rings. The van der Waals surface area contributed by atoms with Crippen LogP contribution in [0.3, 0.4) is 0 Å². The highest BCUT2D eigenvalue weighted by Gasteiger charge is 2.30. The molecule has 0 bridgehead atoms. The maximum absolute atomic E-state index is 13.5. The smallest absolute Gasteiger partial charge is 0.405 e. The Kier molecular flexibility index (Phi) is 7.86. The summed E-state index contributed by atoms with van der Waals surface area (Å²) in [4.78, 5) is 25.0. The van der Waals surface area contributed by atoms with Gasteiger partial charge in [-0.3, -0.25) is 10.2 Å². The number of carboxylic acid groups (broad SMARTS) is 1. The molecule has 0 aliphatic carbocycles. The van der Waals surface area contributed by atoms with Crippen LogP contribution in [-0.4, -0.2) is 45.0 Å². The van der Waals surface area contributed by atoms with Crippen LogP contribution in [0, 0.1) is 0 Å². The van der Waals surface area contributed by atoms with Crippen molar-refractivity contribution in [2.24, 2.45) is 0 Å². The zero-order valence-corrected chi connectivity index (χ0v) is 21.2. The van der Waals surface area contributed by atoms with E-state index in [0.29, 0.717) is 37.6 Å². The first-order chi connectivity index (χ1) is 16.7. The van der Waals surface area contributed by atoms with E-state index < -0.39 is 18.0 Å². The van der Waals surface area contributed by atoms with Crippen molar-refractivity contribution >= 4 is 46.8 Å². The summed E-state index contributed by atoms with van der Waals surface area (Å²) in [7, 11) is 0. The van der Waals surface area contributed by atoms with Crippen LogP contribution in [0.1, 0.15) is 48.3 Å². The maximum atomic E-state index is 13.5. The summed E-state index contributed by atoms with van der Waals surface area (Å²) in [6.45, 7) is 3.13. The lowest BCUT2D eigenvalue weighted by Crippen LogP contribution is -2.45. The van der Waals surface area contributed by atoms with Gasteiger partial charge in [-0.1, -0.05) is 53.4 Å². The van der Waals surface area contributed by atoms with Crippen molar-refractivity contribution < 1.29 is 14.7 Å². The van der Waals surface area contributed by atoms with Gasteiger partial charge in [-0.2, -0.15) is 5.10 Å². The molecular weight excluding hydrogens is 513 g/mol. The second-order valence-electron chi connectivity index (χ2n) is 8.29. The number of halogens is 3. The molecular formula is C24H24Cl3N5O3. The molecule has 1 aliphatic heterocycles. The van der Waals surface area contributed by atoms with E-state index in [-0.39, 0.29) is 5.69 Å². The van der Waals surface area contributed by atoms with Gasteiger partial charge in [0.05, 0.1) is 22.4 Å². The fourth-order valence-electron chi connectivity index (χ4n) is 4.18. The van der Waals surface area contributed by atoms with Gasteiger partial charge >= 0.3 is 6.09 Å². The van der Waals surface area contributed by atoms with Gasteiger partial charge in [0.2, 0.25) is 0 Å². The van der Waals surface area contributed by atoms with Gasteiger partial charge < -0.3 is 10.4 Å². The second-order valence-corrected chi connectivity index (χ2v) is 9.57. The number of piperidine rings is 1. The van der Waals surface area contributed by atoms with Gasteiger partial charge in [-0.05, 0) is 50.1 Å². The molecule has 2 aromatic carbocycles. The highest BCUT2D eigenvalue weighted by molar-refractivity contribution is 6.35. The number of amides is 2. The third-order valence-corrected chi connectivity index (χ3v) is 6.57. The Balaban J connectivity index is 1.92. The molecule has 1 unspecified atom stereocenters. The SMILES string of the molecule is CC(NC(=O)O)c1c(C(=O)NN2CCCCC2)nn(-c2ccc(Cl)cc2Cl)c1-c1ccc(Cl)cc1. The molecule has 184 valence electrons. The fourth-order valence-corrected chi connectivity index (χ4v) is 4.80. The summed E-state index contributed by atoms with van der Waals surface area (Å²) in [5, 5.41) is 19.7. The van der Waals surface area contributed by atoms with Crippen molar-refractivity contribution in [1.29, 1.82) is 0 Å². The minimum absolute atomic E-state index is 0.0905. The number of benzene rings is 2. The van der Waals surface area contributed by atoms with E-state index in [1.807, 2.05) is 5.01 Å². The lowest BCUT2D eigenvalue weighted by molar-refractivity contribution is 0.0742. The summed E-state index contributed by atoms with van der Waals surface area (Å²) in [6.07, 6.45) is 1.85. The monoisotopic (exact) mass is 535 g/mol. The predicted molar refractivity (Wildman–Crippen MR) is 136 cm³/mol. The molecule has 0 saturated carbocycles. The quantitative estimate of drug-likeness (QED) is 0.361. The number of rotatable bonds is 6. The van der Waals surface area contributed by atoms with E-state index in [1.54, 1.807) is 54.1 Å². The Bertz CT molecular complexity index is 1240. The summed E-state index contributed by atoms with van der Waals surface area (Å²) in [5.74, 6) is -0.431. The second kappa shape index (κ2) is 10.9. The highest BCUT2D eigenvalue weighted by Crippen LogP contribution is 2.36. The molecule has 1 saturated heterocycles. The standard InChI is InChI=1S/C24H24Cl3N5O3/c1-14(28-24(34)35)20-21(23(33)30-31-11-3-2-4-12-31)29-32(19-10-9-17(26)13-18(19)27)22(20)15-5-7-16(25)8-6-15/h5-10,13-14,28H,2-4,11-12H2,1H3,(H,30,33)(H,34,35). The van der Waals surface area contributed by atoms with Crippen molar-refractivity contribution in [2.75, 3.05) is 13.1 Å². The highest BCUT2D eigenvalue weighted by atomic mass is 35.5. The number of hydrogen-bond acceptors (Lipinski definition) is 4. The van der Waals surface area contributed by atoms with Gasteiger partial charge in [0.1, 0.15) is 0 Å². The number of aromatic nitrogens is 2. The van der Waals surface area contributed by atoms with Crippen LogP contribution in [0.4, 0.5) is 4.79 Å². The van der Waals surface area contributed by atoms with E-state index in [1.165, 1.54) is 0 Å². The van der Waals surface area contributed by atoms with E-state index in [4.69, 9.17) is 34.8 Å². The largest absolute Gasteiger partial charge is 0.465 e. The van der Waals surface area contributed by atoms with E-state index in [0.717, 1.165) is 32.4 Å². The van der Waals surface area contributed by atoms with E-state index in [9.17, 15) is 14.7 Å². The molecule has 1 aromatic heterocycles. The molecule has 4 rings (SSSR count). The van der Waals surface area contributed by atoms with Crippen LogP contribution >= 0.6 is 34.8 Å². The lowest BCUT2D eigenvalue weighted by Gasteiger charge is -2.26. The molecule has 11 heteroatoms.